The number of thioether (sulfide) groups is 1. The maximum absolute atomic E-state index is 13.2. The van der Waals surface area contributed by atoms with Crippen LogP contribution in [0.15, 0.2) is 48.5 Å². The average molecular weight is 540 g/mol. The van der Waals surface area contributed by atoms with E-state index in [1.807, 2.05) is 0 Å². The lowest BCUT2D eigenvalue weighted by Gasteiger charge is -2.24. The molecule has 2 unspecified atom stereocenters. The van der Waals surface area contributed by atoms with Crippen molar-refractivity contribution in [1.82, 2.24) is 10.2 Å². The number of carbonyl (C=O) groups is 4. The van der Waals surface area contributed by atoms with E-state index >= 15 is 0 Å². The van der Waals surface area contributed by atoms with E-state index in [9.17, 15) is 37.5 Å². The molecule has 1 fully saturated rings. The number of carboxylic acids is 1. The normalized spacial score (nSPS) is 16.1. The zero-order valence-corrected chi connectivity index (χ0v) is 20.4. The average Bonchev–Trinajstić information content (AvgIpc) is 3.35. The predicted octanol–water partition coefficient (Wildman–Crippen LogP) is 3.60. The van der Waals surface area contributed by atoms with Gasteiger partial charge in [0.15, 0.2) is 0 Å². The van der Waals surface area contributed by atoms with Gasteiger partial charge >= 0.3 is 18.2 Å². The largest absolute Gasteiger partial charge is 0.480 e. The van der Waals surface area contributed by atoms with Crippen LogP contribution in [0.5, 0.6) is 0 Å². The molecular formula is C24H24F3N3O6S. The minimum atomic E-state index is -4.70. The zero-order valence-electron chi connectivity index (χ0n) is 19.6. The number of alkyl halides is 3. The molecule has 1 aliphatic rings. The molecule has 3 N–H and O–H groups in total. The van der Waals surface area contributed by atoms with E-state index in [1.54, 1.807) is 6.92 Å². The first-order valence-electron chi connectivity index (χ1n) is 11.1. The van der Waals surface area contributed by atoms with E-state index in [0.29, 0.717) is 11.3 Å². The molecule has 1 saturated heterocycles. The second kappa shape index (κ2) is 12.0. The highest BCUT2D eigenvalue weighted by Gasteiger charge is 2.37. The van der Waals surface area contributed by atoms with Crippen molar-refractivity contribution >= 4 is 41.3 Å². The number of halogens is 3. The summed E-state index contributed by atoms with van der Waals surface area (Å²) in [7, 11) is 0. The summed E-state index contributed by atoms with van der Waals surface area (Å²) in [5, 5.41) is 14.4. The maximum Gasteiger partial charge on any atom is 0.417 e. The molecule has 1 heterocycles. The Bertz CT molecular complexity index is 1160. The minimum absolute atomic E-state index is 0.106. The van der Waals surface area contributed by atoms with E-state index in [-0.39, 0.29) is 24.6 Å². The Morgan fingerprint density at radius 1 is 1.14 bits per heavy atom. The van der Waals surface area contributed by atoms with Gasteiger partial charge in [0.1, 0.15) is 12.1 Å². The monoisotopic (exact) mass is 539 g/mol. The Morgan fingerprint density at radius 3 is 2.43 bits per heavy atom. The molecule has 3 amide bonds. The van der Waals surface area contributed by atoms with Crippen LogP contribution in [0.4, 0.5) is 23.7 Å². The van der Waals surface area contributed by atoms with Crippen molar-refractivity contribution < 1.29 is 42.2 Å². The molecule has 2 aromatic carbocycles. The van der Waals surface area contributed by atoms with Crippen molar-refractivity contribution in [3.8, 4) is 0 Å². The van der Waals surface area contributed by atoms with Gasteiger partial charge < -0.3 is 20.5 Å². The van der Waals surface area contributed by atoms with E-state index in [1.165, 1.54) is 53.1 Å². The molecule has 0 aliphatic carbocycles. The fourth-order valence-corrected chi connectivity index (χ4v) is 4.74. The van der Waals surface area contributed by atoms with Crippen LogP contribution >= 0.6 is 11.8 Å². The van der Waals surface area contributed by atoms with E-state index < -0.39 is 53.3 Å². The van der Waals surface area contributed by atoms with Crippen LogP contribution in [0.25, 0.3) is 0 Å². The summed E-state index contributed by atoms with van der Waals surface area (Å²) in [6, 6.07) is 8.03. The third-order valence-corrected chi connectivity index (χ3v) is 6.44. The van der Waals surface area contributed by atoms with Crippen LogP contribution in [-0.2, 0) is 26.9 Å². The molecule has 0 radical (unpaired) electrons. The second-order valence-corrected chi connectivity index (χ2v) is 8.98. The lowest BCUT2D eigenvalue weighted by atomic mass is 10.0. The number of nitrogens with one attached hydrogen (secondary N) is 2. The van der Waals surface area contributed by atoms with E-state index in [4.69, 9.17) is 4.74 Å². The SMILES string of the molecule is CCOC(=O)N1CSCC1C(=O)NC(Cc1ccc(NC(=O)c2ccccc2C(F)(F)F)cc1)C(=O)O. The Labute approximate surface area is 214 Å². The summed E-state index contributed by atoms with van der Waals surface area (Å²) in [6.45, 7) is 1.77. The minimum Gasteiger partial charge on any atom is -0.480 e. The van der Waals surface area contributed by atoms with Crippen LogP contribution in [0, 0.1) is 0 Å². The van der Waals surface area contributed by atoms with Gasteiger partial charge in [-0.05, 0) is 36.8 Å². The molecule has 0 spiro atoms. The fraction of sp³-hybridized carbons (Fsp3) is 0.333. The maximum atomic E-state index is 13.2. The molecule has 2 aromatic rings. The molecule has 198 valence electrons. The number of rotatable bonds is 8. The number of nitrogens with zero attached hydrogens (tertiary/aromatic N) is 1. The Kier molecular flexibility index (Phi) is 9.03. The molecule has 0 bridgehead atoms. The lowest BCUT2D eigenvalue weighted by molar-refractivity contribution is -0.142. The number of benzene rings is 2. The van der Waals surface area contributed by atoms with Crippen molar-refractivity contribution in [1.29, 1.82) is 0 Å². The highest BCUT2D eigenvalue weighted by molar-refractivity contribution is 7.99. The number of anilines is 1. The molecule has 0 saturated carbocycles. The van der Waals surface area contributed by atoms with Crippen molar-refractivity contribution in [2.24, 2.45) is 0 Å². The fourth-order valence-electron chi connectivity index (χ4n) is 3.60. The van der Waals surface area contributed by atoms with Gasteiger partial charge in [0, 0.05) is 17.9 Å². The number of carboxylic acid groups (broad SMARTS) is 1. The standard InChI is InChI=1S/C24H24F3N3O6S/c1-2-36-23(35)30-13-37-12-19(30)21(32)29-18(22(33)34)11-14-7-9-15(10-8-14)28-20(31)16-5-3-4-6-17(16)24(25,26)27/h3-10,18-19H,2,11-13H2,1H3,(H,28,31)(H,29,32)(H,33,34). The number of carbonyl (C=O) groups excluding carboxylic acids is 3. The quantitative estimate of drug-likeness (QED) is 0.468. The van der Waals surface area contributed by atoms with Gasteiger partial charge in [-0.25, -0.2) is 9.59 Å². The Hall–Kier alpha value is -3.74. The highest BCUT2D eigenvalue weighted by Crippen LogP contribution is 2.32. The number of amides is 3. The van der Waals surface area contributed by atoms with Crippen LogP contribution in [-0.4, -0.2) is 64.2 Å². The Balaban J connectivity index is 1.65. The van der Waals surface area contributed by atoms with Gasteiger partial charge in [-0.2, -0.15) is 13.2 Å². The molecular weight excluding hydrogens is 515 g/mol. The predicted molar refractivity (Wildman–Crippen MR) is 129 cm³/mol. The van der Waals surface area contributed by atoms with Gasteiger partial charge in [0.05, 0.1) is 23.6 Å². The summed E-state index contributed by atoms with van der Waals surface area (Å²) >= 11 is 1.34. The van der Waals surface area contributed by atoms with Crippen molar-refractivity contribution in [3.63, 3.8) is 0 Å². The molecule has 0 aromatic heterocycles. The van der Waals surface area contributed by atoms with Gasteiger partial charge in [-0.1, -0.05) is 24.3 Å². The van der Waals surface area contributed by atoms with Crippen molar-refractivity contribution in [2.75, 3.05) is 23.6 Å². The zero-order chi connectivity index (χ0) is 27.2. The first-order valence-corrected chi connectivity index (χ1v) is 12.3. The third-order valence-electron chi connectivity index (χ3n) is 5.43. The van der Waals surface area contributed by atoms with Crippen LogP contribution in [0.1, 0.15) is 28.4 Å². The van der Waals surface area contributed by atoms with E-state index in [0.717, 1.165) is 12.1 Å². The lowest BCUT2D eigenvalue weighted by Crippen LogP contribution is -2.52. The summed E-state index contributed by atoms with van der Waals surface area (Å²) in [6.07, 6.45) is -5.46. The molecule has 9 nitrogen and oxygen atoms in total. The molecule has 13 heteroatoms. The number of hydrogen-bond acceptors (Lipinski definition) is 6. The molecule has 1 aliphatic heterocycles. The molecule has 2 atom stereocenters. The molecule has 37 heavy (non-hydrogen) atoms. The number of hydrogen-bond donors (Lipinski definition) is 3. The Morgan fingerprint density at radius 2 is 1.81 bits per heavy atom. The van der Waals surface area contributed by atoms with Crippen molar-refractivity contribution in [2.45, 2.75) is 31.6 Å². The smallest absolute Gasteiger partial charge is 0.417 e. The van der Waals surface area contributed by atoms with Crippen LogP contribution in [0.3, 0.4) is 0 Å². The molecule has 3 rings (SSSR count). The summed E-state index contributed by atoms with van der Waals surface area (Å²) in [5.41, 5.74) is -0.903. The van der Waals surface area contributed by atoms with Gasteiger partial charge in [0.2, 0.25) is 5.91 Å². The topological polar surface area (TPSA) is 125 Å². The van der Waals surface area contributed by atoms with Gasteiger partial charge in [-0.15, -0.1) is 11.8 Å². The van der Waals surface area contributed by atoms with Crippen LogP contribution < -0.4 is 10.6 Å². The third kappa shape index (κ3) is 7.15. The first kappa shape index (κ1) is 27.8. The summed E-state index contributed by atoms with van der Waals surface area (Å²) < 4.78 is 44.5. The van der Waals surface area contributed by atoms with E-state index in [2.05, 4.69) is 10.6 Å². The van der Waals surface area contributed by atoms with Crippen LogP contribution in [0.2, 0.25) is 0 Å². The van der Waals surface area contributed by atoms with Gasteiger partial charge in [-0.3, -0.25) is 14.5 Å². The summed E-state index contributed by atoms with van der Waals surface area (Å²) in [4.78, 5) is 50.2. The number of aliphatic carboxylic acids is 1. The van der Waals surface area contributed by atoms with Crippen molar-refractivity contribution in [3.05, 3.63) is 65.2 Å². The first-order chi connectivity index (χ1) is 17.5. The number of ether oxygens (including phenoxy) is 1. The second-order valence-electron chi connectivity index (χ2n) is 7.98. The van der Waals surface area contributed by atoms with Gasteiger partial charge in [0.25, 0.3) is 5.91 Å². The summed E-state index contributed by atoms with van der Waals surface area (Å²) in [5.74, 6) is -2.32. The highest BCUT2D eigenvalue weighted by atomic mass is 32.2.